The molecule has 1 aliphatic rings. The second kappa shape index (κ2) is 5.72. The fraction of sp³-hybridized carbons (Fsp3) is 0.467. The number of nitrogens with one attached hydrogen (secondary N) is 1. The summed E-state index contributed by atoms with van der Waals surface area (Å²) < 4.78 is 24.9. The molecule has 2 rings (SSSR count). The highest BCUT2D eigenvalue weighted by atomic mass is 32.2. The molecule has 0 saturated heterocycles. The van der Waals surface area contributed by atoms with Crippen LogP contribution in [0.25, 0.3) is 0 Å². The van der Waals surface area contributed by atoms with Gasteiger partial charge in [0.25, 0.3) is 0 Å². The molecule has 1 aliphatic heterocycles. The van der Waals surface area contributed by atoms with Gasteiger partial charge in [-0.15, -0.1) is 0 Å². The van der Waals surface area contributed by atoms with Crippen molar-refractivity contribution in [2.24, 2.45) is 5.10 Å². The van der Waals surface area contributed by atoms with Crippen LogP contribution in [0, 0.1) is 0 Å². The summed E-state index contributed by atoms with van der Waals surface area (Å²) in [6, 6.07) is 6.32. The molecule has 0 aliphatic carbocycles. The van der Waals surface area contributed by atoms with Crippen LogP contribution in [0.15, 0.2) is 34.3 Å². The van der Waals surface area contributed by atoms with Gasteiger partial charge in [0.1, 0.15) is 5.88 Å². The van der Waals surface area contributed by atoms with Gasteiger partial charge in [0.05, 0.1) is 17.2 Å². The summed E-state index contributed by atoms with van der Waals surface area (Å²) in [6.45, 7) is 8.15. The Morgan fingerprint density at radius 1 is 1.23 bits per heavy atom. The molecule has 0 atom stereocenters. The van der Waals surface area contributed by atoms with Gasteiger partial charge in [-0.3, -0.25) is 0 Å². The van der Waals surface area contributed by atoms with Crippen LogP contribution in [0.5, 0.6) is 0 Å². The Morgan fingerprint density at radius 2 is 1.82 bits per heavy atom. The number of hydrogen-bond acceptors (Lipinski definition) is 4. The minimum Gasteiger partial charge on any atom is -0.303 e. The van der Waals surface area contributed by atoms with Crippen molar-refractivity contribution in [2.75, 3.05) is 12.4 Å². The van der Waals surface area contributed by atoms with Gasteiger partial charge in [0.2, 0.25) is 0 Å². The van der Waals surface area contributed by atoms with Crippen molar-refractivity contribution in [3.63, 3.8) is 0 Å². The lowest BCUT2D eigenvalue weighted by Crippen LogP contribution is -2.47. The quantitative estimate of drug-likeness (QED) is 0.925. The van der Waals surface area contributed by atoms with Crippen LogP contribution in [0.4, 0.5) is 4.79 Å². The van der Waals surface area contributed by atoms with Crippen LogP contribution < -0.4 is 5.43 Å². The zero-order valence-electron chi connectivity index (χ0n) is 13.3. The number of nitrogens with zero attached hydrogens (tertiary/aromatic N) is 2. The Hall–Kier alpha value is -1.89. The second-order valence-electron chi connectivity index (χ2n) is 6.48. The van der Waals surface area contributed by atoms with Gasteiger partial charge >= 0.3 is 6.03 Å². The van der Waals surface area contributed by atoms with Gasteiger partial charge in [-0.1, -0.05) is 32.9 Å². The minimum absolute atomic E-state index is 0.0391. The van der Waals surface area contributed by atoms with Gasteiger partial charge in [-0.05, 0) is 30.0 Å². The number of rotatable bonds is 3. The normalized spacial score (nSPS) is 16.3. The van der Waals surface area contributed by atoms with Crippen LogP contribution in [0.3, 0.4) is 0 Å². The van der Waals surface area contributed by atoms with Gasteiger partial charge < -0.3 is 4.90 Å². The van der Waals surface area contributed by atoms with E-state index >= 15 is 0 Å². The van der Waals surface area contributed by atoms with Gasteiger partial charge in [0.15, 0.2) is 9.84 Å². The molecule has 1 aromatic carbocycles. The first-order chi connectivity index (χ1) is 10.1. The van der Waals surface area contributed by atoms with Crippen LogP contribution in [-0.4, -0.2) is 37.5 Å². The summed E-state index contributed by atoms with van der Waals surface area (Å²) in [7, 11) is -3.57. The van der Waals surface area contributed by atoms with E-state index in [1.807, 2.05) is 12.1 Å². The Morgan fingerprint density at radius 3 is 2.36 bits per heavy atom. The molecule has 6 nitrogen and oxygen atoms in total. The van der Waals surface area contributed by atoms with Crippen molar-refractivity contribution in [3.8, 4) is 0 Å². The van der Waals surface area contributed by atoms with E-state index in [4.69, 9.17) is 0 Å². The van der Waals surface area contributed by atoms with E-state index in [9.17, 15) is 13.2 Å². The number of carbonyl (C=O) groups is 1. The highest BCUT2D eigenvalue weighted by Gasteiger charge is 2.26. The molecule has 1 aromatic rings. The summed E-state index contributed by atoms with van der Waals surface area (Å²) in [5, 5.41) is 3.78. The first-order valence-electron chi connectivity index (χ1n) is 7.01. The lowest BCUT2D eigenvalue weighted by Gasteiger charge is -2.25. The molecule has 0 radical (unpaired) electrons. The third-order valence-electron chi connectivity index (χ3n) is 3.45. The van der Waals surface area contributed by atoms with E-state index in [2.05, 4.69) is 31.3 Å². The zero-order valence-corrected chi connectivity index (χ0v) is 14.1. The Bertz CT molecular complexity index is 701. The van der Waals surface area contributed by atoms with Gasteiger partial charge in [-0.25, -0.2) is 18.6 Å². The summed E-state index contributed by atoms with van der Waals surface area (Å²) in [5.41, 5.74) is 3.98. The lowest BCUT2D eigenvalue weighted by atomic mass is 9.87. The molecule has 0 bridgehead atoms. The van der Waals surface area contributed by atoms with Crippen molar-refractivity contribution in [1.82, 2.24) is 10.3 Å². The number of carbonyl (C=O) groups excluding carboxylic acids is 1. The van der Waals surface area contributed by atoms with E-state index in [-0.39, 0.29) is 22.7 Å². The number of amides is 2. The molecule has 0 spiro atoms. The van der Waals surface area contributed by atoms with E-state index in [1.165, 1.54) is 4.90 Å². The van der Waals surface area contributed by atoms with E-state index < -0.39 is 15.9 Å². The highest BCUT2D eigenvalue weighted by Crippen LogP contribution is 2.24. The molecule has 1 N–H and O–H groups in total. The maximum absolute atomic E-state index is 12.5. The minimum atomic E-state index is -3.57. The van der Waals surface area contributed by atoms with Crippen LogP contribution in [0.2, 0.25) is 0 Å². The average molecular weight is 323 g/mol. The van der Waals surface area contributed by atoms with Gasteiger partial charge in [-0.2, -0.15) is 5.10 Å². The predicted molar refractivity (Wildman–Crippen MR) is 85.5 cm³/mol. The monoisotopic (exact) mass is 323 g/mol. The first-order valence-corrected chi connectivity index (χ1v) is 8.66. The smallest absolute Gasteiger partial charge is 0.303 e. The molecule has 0 fully saturated rings. The van der Waals surface area contributed by atoms with Crippen LogP contribution >= 0.6 is 0 Å². The highest BCUT2D eigenvalue weighted by molar-refractivity contribution is 7.91. The topological polar surface area (TPSA) is 78.8 Å². The fourth-order valence-electron chi connectivity index (χ4n) is 2.14. The first kappa shape index (κ1) is 16.5. The Labute approximate surface area is 131 Å². The standard InChI is InChI=1S/C15H21N3O3S/c1-11-9-18(14(19)17-16-11)10-22(20,21)13-7-5-12(6-8-13)15(2,3)4/h5-8H,9-10H2,1-4H3,(H,17,19). The number of sulfone groups is 1. The maximum atomic E-state index is 12.5. The van der Waals surface area contributed by atoms with Crippen LogP contribution in [-0.2, 0) is 15.3 Å². The third-order valence-corrected chi connectivity index (χ3v) is 5.10. The molecule has 120 valence electrons. The maximum Gasteiger partial charge on any atom is 0.339 e. The van der Waals surface area contributed by atoms with E-state index in [0.29, 0.717) is 5.71 Å². The van der Waals surface area contributed by atoms with Crippen molar-refractivity contribution < 1.29 is 13.2 Å². The number of hydrazone groups is 1. The average Bonchev–Trinajstić information content (AvgIpc) is 2.42. The zero-order chi connectivity index (χ0) is 16.5. The molecule has 7 heteroatoms. The molecule has 0 aromatic heterocycles. The molecular weight excluding hydrogens is 302 g/mol. The van der Waals surface area contributed by atoms with E-state index in [1.54, 1.807) is 19.1 Å². The SMILES string of the molecule is CC1=NNC(=O)N(CS(=O)(=O)c2ccc(C(C)(C)C)cc2)C1. The summed E-state index contributed by atoms with van der Waals surface area (Å²) in [4.78, 5) is 13.1. The lowest BCUT2D eigenvalue weighted by molar-refractivity contribution is 0.209. The summed E-state index contributed by atoms with van der Waals surface area (Å²) in [5.74, 6) is -0.361. The second-order valence-corrected chi connectivity index (χ2v) is 8.44. The molecule has 2 amide bonds. The van der Waals surface area contributed by atoms with Crippen molar-refractivity contribution in [3.05, 3.63) is 29.8 Å². The molecule has 1 heterocycles. The third kappa shape index (κ3) is 3.65. The van der Waals surface area contributed by atoms with Gasteiger partial charge in [0, 0.05) is 0 Å². The largest absolute Gasteiger partial charge is 0.339 e. The van der Waals surface area contributed by atoms with Crippen LogP contribution in [0.1, 0.15) is 33.3 Å². The molecule has 22 heavy (non-hydrogen) atoms. The Balaban J connectivity index is 2.20. The summed E-state index contributed by atoms with van der Waals surface area (Å²) >= 11 is 0. The fourth-order valence-corrected chi connectivity index (χ4v) is 3.46. The van der Waals surface area contributed by atoms with Crippen molar-refractivity contribution in [2.45, 2.75) is 38.0 Å². The van der Waals surface area contributed by atoms with E-state index in [0.717, 1.165) is 5.56 Å². The van der Waals surface area contributed by atoms with Crippen molar-refractivity contribution >= 4 is 21.6 Å². The number of urea groups is 1. The predicted octanol–water partition coefficient (Wildman–Crippen LogP) is 2.12. The molecule has 0 saturated carbocycles. The Kier molecular flexibility index (Phi) is 4.28. The number of hydrogen-bond donors (Lipinski definition) is 1. The molecule has 0 unspecified atom stereocenters. The summed E-state index contributed by atoms with van der Waals surface area (Å²) in [6.07, 6.45) is 0. The molecular formula is C15H21N3O3S. The van der Waals surface area contributed by atoms with Crippen molar-refractivity contribution in [1.29, 1.82) is 0 Å². The number of benzene rings is 1.